The van der Waals surface area contributed by atoms with Crippen LogP contribution in [0.2, 0.25) is 0 Å². The lowest BCUT2D eigenvalue weighted by Crippen LogP contribution is -2.56. The van der Waals surface area contributed by atoms with Crippen LogP contribution in [0.1, 0.15) is 0 Å². The normalized spacial score (nSPS) is 11.3. The molecule has 17 heteroatoms. The van der Waals surface area contributed by atoms with Gasteiger partial charge in [0.25, 0.3) is 0 Å². The van der Waals surface area contributed by atoms with Crippen molar-refractivity contribution in [2.75, 3.05) is 5.23 Å². The topological polar surface area (TPSA) is 12.0 Å². The molecule has 186 valence electrons. The van der Waals surface area contributed by atoms with Crippen molar-refractivity contribution in [3.05, 3.63) is 87.3 Å². The molecule has 0 bridgehead atoms. The van der Waals surface area contributed by atoms with Crippen molar-refractivity contribution in [3.8, 4) is 0 Å². The second kappa shape index (κ2) is 8.92. The molecule has 0 saturated carbocycles. The summed E-state index contributed by atoms with van der Waals surface area (Å²) in [5, 5.41) is 0.900. The van der Waals surface area contributed by atoms with E-state index in [2.05, 4.69) is 0 Å². The fraction of sp³-hybridized carbons (Fsp3) is 0. The summed E-state index contributed by atoms with van der Waals surface area (Å²) >= 11 is 0. The summed E-state index contributed by atoms with van der Waals surface area (Å²) in [7, 11) is 0. The van der Waals surface area contributed by atoms with Gasteiger partial charge in [-0.2, -0.15) is 0 Å². The van der Waals surface area contributed by atoms with Crippen LogP contribution in [0.25, 0.3) is 0 Å². The van der Waals surface area contributed by atoms with Crippen LogP contribution in [0.3, 0.4) is 0 Å². The van der Waals surface area contributed by atoms with Gasteiger partial charge in [-0.1, -0.05) is 0 Å². The monoisotopic (exact) mass is 527 g/mol. The number of nitrogens with one attached hydrogen (secondary N) is 1. The van der Waals surface area contributed by atoms with Gasteiger partial charge in [0, 0.05) is 10.9 Å². The van der Waals surface area contributed by atoms with Gasteiger partial charge in [0.15, 0.2) is 81.4 Å². The zero-order valence-electron chi connectivity index (χ0n) is 15.7. The Labute approximate surface area is 182 Å². The highest BCUT2D eigenvalue weighted by Gasteiger charge is 2.42. The van der Waals surface area contributed by atoms with Crippen molar-refractivity contribution in [1.82, 2.24) is 0 Å². The summed E-state index contributed by atoms with van der Waals surface area (Å²) in [4.78, 5) is 0. The second-order valence-corrected chi connectivity index (χ2v) is 6.49. The molecule has 0 aliphatic rings. The Bertz CT molecular complexity index is 1230. The van der Waals surface area contributed by atoms with Crippen LogP contribution in [0.15, 0.2) is 0 Å². The van der Waals surface area contributed by atoms with E-state index < -0.39 is 111 Å². The SMILES string of the molecule is Fc1c(F)c(F)c(NB(c2c(F)c(F)c(F)c(F)c2F)c2c(F)c(F)c(F)c(F)c2F)c(F)c1F. The quantitative estimate of drug-likeness (QED) is 0.219. The first-order valence-corrected chi connectivity index (χ1v) is 8.45. The molecular formula is C18HBF15N. The highest BCUT2D eigenvalue weighted by Crippen LogP contribution is 2.28. The Hall–Kier alpha value is -3.53. The molecule has 0 unspecified atom stereocenters. The minimum Gasteiger partial charge on any atom is -0.415 e. The fourth-order valence-electron chi connectivity index (χ4n) is 2.92. The van der Waals surface area contributed by atoms with E-state index in [0.29, 0.717) is 0 Å². The van der Waals surface area contributed by atoms with Gasteiger partial charge in [-0.3, -0.25) is 0 Å². The van der Waals surface area contributed by atoms with Gasteiger partial charge in [-0.15, -0.1) is 0 Å². The average molecular weight is 527 g/mol. The number of rotatable bonds is 4. The van der Waals surface area contributed by atoms with Crippen LogP contribution in [-0.2, 0) is 0 Å². The highest BCUT2D eigenvalue weighted by atomic mass is 19.2. The van der Waals surface area contributed by atoms with Crippen molar-refractivity contribution in [3.63, 3.8) is 0 Å². The zero-order chi connectivity index (χ0) is 26.7. The molecule has 0 heterocycles. The van der Waals surface area contributed by atoms with Gasteiger partial charge >= 0.3 is 6.85 Å². The van der Waals surface area contributed by atoms with E-state index in [-0.39, 0.29) is 0 Å². The molecule has 0 spiro atoms. The second-order valence-electron chi connectivity index (χ2n) is 6.49. The summed E-state index contributed by atoms with van der Waals surface area (Å²) in [6.45, 7) is -3.64. The molecule has 1 nitrogen and oxygen atoms in total. The third-order valence-corrected chi connectivity index (χ3v) is 4.56. The van der Waals surface area contributed by atoms with Crippen molar-refractivity contribution < 1.29 is 65.9 Å². The molecule has 0 atom stereocenters. The Morgan fingerprint density at radius 3 is 0.743 bits per heavy atom. The first kappa shape index (κ1) is 26.1. The number of anilines is 1. The number of benzene rings is 3. The van der Waals surface area contributed by atoms with E-state index in [4.69, 9.17) is 0 Å². The fourth-order valence-corrected chi connectivity index (χ4v) is 2.92. The zero-order valence-corrected chi connectivity index (χ0v) is 15.7. The van der Waals surface area contributed by atoms with Crippen molar-refractivity contribution >= 4 is 23.5 Å². The Morgan fingerprint density at radius 2 is 0.486 bits per heavy atom. The van der Waals surface area contributed by atoms with Crippen molar-refractivity contribution in [2.45, 2.75) is 0 Å². The van der Waals surface area contributed by atoms with E-state index in [9.17, 15) is 65.9 Å². The summed E-state index contributed by atoms with van der Waals surface area (Å²) in [6.07, 6.45) is 0. The molecule has 0 aliphatic carbocycles. The molecule has 0 fully saturated rings. The number of hydrogen-bond donors (Lipinski definition) is 1. The Balaban J connectivity index is 2.49. The minimum atomic E-state index is -3.64. The predicted octanol–water partition coefficient (Wildman–Crippen LogP) is 4.99. The standard InChI is InChI=1S/C18HBF15N/c20-3-1(4(21)8(25)11(28)7(3)24)19(2-5(22)9(26)12(29)10(27)6(2)23)35-18-16(33)14(31)13(30)15(32)17(18)34/h35H. The minimum absolute atomic E-state index is 0.900. The summed E-state index contributed by atoms with van der Waals surface area (Å²) < 4.78 is 207. The summed E-state index contributed by atoms with van der Waals surface area (Å²) in [6, 6.07) is 0. The van der Waals surface area contributed by atoms with Crippen LogP contribution < -0.4 is 16.2 Å². The van der Waals surface area contributed by atoms with E-state index >= 15 is 0 Å². The highest BCUT2D eigenvalue weighted by molar-refractivity contribution is 6.87. The first-order chi connectivity index (χ1) is 16.1. The largest absolute Gasteiger partial charge is 0.415 e. The molecule has 0 radical (unpaired) electrons. The van der Waals surface area contributed by atoms with Crippen LogP contribution in [0, 0.1) is 87.3 Å². The molecule has 35 heavy (non-hydrogen) atoms. The first-order valence-electron chi connectivity index (χ1n) is 8.45. The predicted molar refractivity (Wildman–Crippen MR) is 87.3 cm³/mol. The summed E-state index contributed by atoms with van der Waals surface area (Å²) in [5.74, 6) is -43.3. The summed E-state index contributed by atoms with van der Waals surface area (Å²) in [5.41, 5.74) is -7.36. The third-order valence-electron chi connectivity index (χ3n) is 4.56. The van der Waals surface area contributed by atoms with Gasteiger partial charge in [0.1, 0.15) is 5.69 Å². The molecule has 0 saturated heterocycles. The van der Waals surface area contributed by atoms with Gasteiger partial charge in [-0.05, 0) is 0 Å². The van der Waals surface area contributed by atoms with Crippen LogP contribution in [-0.4, -0.2) is 6.85 Å². The van der Waals surface area contributed by atoms with E-state index in [1.165, 1.54) is 0 Å². The van der Waals surface area contributed by atoms with E-state index in [1.807, 2.05) is 0 Å². The number of hydrogen-bond acceptors (Lipinski definition) is 1. The Kier molecular flexibility index (Phi) is 6.65. The van der Waals surface area contributed by atoms with Gasteiger partial charge < -0.3 is 5.23 Å². The molecule has 1 N–H and O–H groups in total. The van der Waals surface area contributed by atoms with Gasteiger partial charge in [0.05, 0.1) is 0 Å². The van der Waals surface area contributed by atoms with Crippen LogP contribution in [0.4, 0.5) is 71.5 Å². The van der Waals surface area contributed by atoms with Crippen LogP contribution in [0.5, 0.6) is 0 Å². The van der Waals surface area contributed by atoms with Crippen molar-refractivity contribution in [1.29, 1.82) is 0 Å². The third kappa shape index (κ3) is 3.82. The molecular weight excluding hydrogens is 526 g/mol. The molecule has 3 aromatic carbocycles. The van der Waals surface area contributed by atoms with Crippen molar-refractivity contribution in [2.24, 2.45) is 0 Å². The maximum atomic E-state index is 14.3. The Morgan fingerprint density at radius 1 is 0.286 bits per heavy atom. The van der Waals surface area contributed by atoms with Crippen LogP contribution >= 0.6 is 0 Å². The van der Waals surface area contributed by atoms with Gasteiger partial charge in [-0.25, -0.2) is 65.9 Å². The molecule has 0 aliphatic heterocycles. The molecule has 0 aromatic heterocycles. The number of halogens is 15. The molecule has 3 aromatic rings. The lowest BCUT2D eigenvalue weighted by Gasteiger charge is -2.22. The maximum Gasteiger partial charge on any atom is 0.333 e. The van der Waals surface area contributed by atoms with E-state index in [1.54, 1.807) is 0 Å². The smallest absolute Gasteiger partial charge is 0.333 e. The molecule has 3 rings (SSSR count). The molecule has 0 amide bonds. The average Bonchev–Trinajstić information content (AvgIpc) is 2.83. The lowest BCUT2D eigenvalue weighted by molar-refractivity contribution is 0.381. The van der Waals surface area contributed by atoms with E-state index in [0.717, 1.165) is 5.23 Å². The van der Waals surface area contributed by atoms with Gasteiger partial charge in [0.2, 0.25) is 5.82 Å². The lowest BCUT2D eigenvalue weighted by atomic mass is 9.49. The maximum absolute atomic E-state index is 14.3.